The maximum Gasteiger partial charge on any atom is 0.229 e. The Bertz CT molecular complexity index is 1080. The summed E-state index contributed by atoms with van der Waals surface area (Å²) in [4.78, 5) is 16.4. The van der Waals surface area contributed by atoms with Gasteiger partial charge < -0.3 is 14.4 Å². The number of nitrogens with zero attached hydrogens (tertiary/aromatic N) is 3. The monoisotopic (exact) mass is 439 g/mol. The molecule has 8 heteroatoms. The van der Waals surface area contributed by atoms with Crippen LogP contribution in [0.1, 0.15) is 24.8 Å². The molecule has 0 aliphatic carbocycles. The van der Waals surface area contributed by atoms with Crippen molar-refractivity contribution in [3.63, 3.8) is 0 Å². The van der Waals surface area contributed by atoms with Gasteiger partial charge in [-0.25, -0.2) is 4.39 Å². The van der Waals surface area contributed by atoms with Crippen LogP contribution in [0.3, 0.4) is 0 Å². The Kier molecular flexibility index (Phi) is 6.05. The predicted molar refractivity (Wildman–Crippen MR) is 117 cm³/mol. The van der Waals surface area contributed by atoms with Gasteiger partial charge in [0.2, 0.25) is 5.91 Å². The molecule has 31 heavy (non-hydrogen) atoms. The molecular weight excluding hydrogens is 417 g/mol. The van der Waals surface area contributed by atoms with E-state index in [0.717, 1.165) is 5.56 Å². The molecule has 0 spiro atoms. The smallest absolute Gasteiger partial charge is 0.229 e. The van der Waals surface area contributed by atoms with E-state index in [1.54, 1.807) is 35.1 Å². The van der Waals surface area contributed by atoms with Gasteiger partial charge in [0, 0.05) is 12.3 Å². The van der Waals surface area contributed by atoms with Crippen LogP contribution in [0.15, 0.2) is 53.1 Å². The first-order valence-corrected chi connectivity index (χ1v) is 10.9. The fourth-order valence-electron chi connectivity index (χ4n) is 3.88. The van der Waals surface area contributed by atoms with E-state index in [1.165, 1.54) is 17.8 Å². The van der Waals surface area contributed by atoms with Gasteiger partial charge in [-0.15, -0.1) is 0 Å². The number of carbonyl (C=O) groups is 1. The highest BCUT2D eigenvalue weighted by molar-refractivity contribution is 8.03. The van der Waals surface area contributed by atoms with Gasteiger partial charge in [0.05, 0.1) is 48.6 Å². The summed E-state index contributed by atoms with van der Waals surface area (Å²) in [6.45, 7) is 2.62. The predicted octanol–water partition coefficient (Wildman–Crippen LogP) is 4.45. The lowest BCUT2D eigenvalue weighted by atomic mass is 9.86. The van der Waals surface area contributed by atoms with E-state index in [4.69, 9.17) is 9.47 Å². The number of rotatable bonds is 5. The summed E-state index contributed by atoms with van der Waals surface area (Å²) in [7, 11) is 1.56. The largest absolute Gasteiger partial charge is 0.493 e. The van der Waals surface area contributed by atoms with Crippen LogP contribution in [0.2, 0.25) is 0 Å². The number of methoxy groups -OCH3 is 1. The second-order valence-corrected chi connectivity index (χ2v) is 8.09. The summed E-state index contributed by atoms with van der Waals surface area (Å²) >= 11 is 1.38. The third-order valence-corrected chi connectivity index (χ3v) is 6.53. The summed E-state index contributed by atoms with van der Waals surface area (Å²) in [5.41, 5.74) is 1.82. The van der Waals surface area contributed by atoms with Gasteiger partial charge in [-0.2, -0.15) is 5.26 Å². The number of fused-ring (bicyclic) bond motifs is 1. The van der Waals surface area contributed by atoms with E-state index in [9.17, 15) is 14.4 Å². The molecular formula is C23H22FN3O3S. The molecule has 6 nitrogen and oxygen atoms in total. The van der Waals surface area contributed by atoms with Gasteiger partial charge in [-0.3, -0.25) is 9.69 Å². The SMILES string of the molecule is CCOc1ccc([C@@H]2CC(=O)N3CN(c4ccccc4F)CSC3=C2C#N)cc1OC. The van der Waals surface area contributed by atoms with Crippen LogP contribution in [0.5, 0.6) is 11.5 Å². The summed E-state index contributed by atoms with van der Waals surface area (Å²) < 4.78 is 25.3. The highest BCUT2D eigenvalue weighted by Crippen LogP contribution is 2.44. The standard InChI is InChI=1S/C23H22FN3O3S/c1-3-30-20-9-8-15(10-21(20)29-2)16-11-22(28)27-13-26(14-31-23(27)17(16)12-25)19-7-5-4-6-18(19)24/h4-10,16H,3,11,13-14H2,1-2H3/t16-/m0/s1. The summed E-state index contributed by atoms with van der Waals surface area (Å²) in [5.74, 6) is 0.848. The third kappa shape index (κ3) is 3.93. The van der Waals surface area contributed by atoms with Crippen molar-refractivity contribution < 1.29 is 18.7 Å². The molecule has 2 heterocycles. The van der Waals surface area contributed by atoms with Gasteiger partial charge in [0.15, 0.2) is 11.5 Å². The first kappa shape index (κ1) is 21.1. The van der Waals surface area contributed by atoms with E-state index < -0.39 is 0 Å². The fourth-order valence-corrected chi connectivity index (χ4v) is 5.04. The number of nitriles is 1. The van der Waals surface area contributed by atoms with Gasteiger partial charge in [-0.1, -0.05) is 30.0 Å². The van der Waals surface area contributed by atoms with Crippen molar-refractivity contribution in [1.29, 1.82) is 5.26 Å². The van der Waals surface area contributed by atoms with Gasteiger partial charge in [0.25, 0.3) is 0 Å². The number of amides is 1. The maximum atomic E-state index is 14.2. The van der Waals surface area contributed by atoms with Crippen LogP contribution in [0.25, 0.3) is 0 Å². The Morgan fingerprint density at radius 3 is 2.77 bits per heavy atom. The molecule has 2 aliphatic heterocycles. The van der Waals surface area contributed by atoms with Crippen LogP contribution in [0.4, 0.5) is 10.1 Å². The van der Waals surface area contributed by atoms with Gasteiger partial charge in [-0.05, 0) is 36.8 Å². The van der Waals surface area contributed by atoms with Crippen LogP contribution in [-0.2, 0) is 4.79 Å². The molecule has 0 aromatic heterocycles. The lowest BCUT2D eigenvalue weighted by Crippen LogP contribution is -2.47. The minimum Gasteiger partial charge on any atom is -0.493 e. The first-order valence-electron chi connectivity index (χ1n) is 9.95. The number of benzene rings is 2. The second-order valence-electron chi connectivity index (χ2n) is 7.16. The summed E-state index contributed by atoms with van der Waals surface area (Å²) in [6, 6.07) is 14.3. The number of halogens is 1. The third-order valence-electron chi connectivity index (χ3n) is 5.38. The zero-order valence-electron chi connectivity index (χ0n) is 17.3. The fraction of sp³-hybridized carbons (Fsp3) is 0.304. The van der Waals surface area contributed by atoms with Crippen LogP contribution >= 0.6 is 11.8 Å². The van der Waals surface area contributed by atoms with Gasteiger partial charge >= 0.3 is 0 Å². The van der Waals surface area contributed by atoms with Crippen LogP contribution in [0, 0.1) is 17.1 Å². The lowest BCUT2D eigenvalue weighted by molar-refractivity contribution is -0.129. The minimum absolute atomic E-state index is 0.0969. The molecule has 1 fully saturated rings. The van der Waals surface area contributed by atoms with Crippen molar-refractivity contribution >= 4 is 23.4 Å². The normalized spacial score (nSPS) is 18.5. The Hall–Kier alpha value is -3.18. The summed E-state index contributed by atoms with van der Waals surface area (Å²) in [6.07, 6.45) is 0.162. The van der Waals surface area contributed by atoms with Crippen LogP contribution < -0.4 is 14.4 Å². The Morgan fingerprint density at radius 2 is 2.06 bits per heavy atom. The molecule has 1 saturated heterocycles. The molecule has 160 valence electrons. The van der Waals surface area contributed by atoms with Crippen molar-refractivity contribution in [2.45, 2.75) is 19.3 Å². The minimum atomic E-state index is -0.360. The second kappa shape index (κ2) is 8.90. The van der Waals surface area contributed by atoms with Crippen LogP contribution in [-0.4, -0.2) is 37.1 Å². The first-order chi connectivity index (χ1) is 15.1. The van der Waals surface area contributed by atoms with E-state index in [-0.39, 0.29) is 30.7 Å². The molecule has 2 aromatic carbocycles. The van der Waals surface area contributed by atoms with E-state index >= 15 is 0 Å². The highest BCUT2D eigenvalue weighted by Gasteiger charge is 2.39. The number of thioether (sulfide) groups is 1. The average molecular weight is 440 g/mol. The van der Waals surface area contributed by atoms with E-state index in [1.807, 2.05) is 25.1 Å². The van der Waals surface area contributed by atoms with E-state index in [2.05, 4.69) is 6.07 Å². The molecule has 0 bridgehead atoms. The highest BCUT2D eigenvalue weighted by atomic mass is 32.2. The molecule has 0 radical (unpaired) electrons. The summed E-state index contributed by atoms with van der Waals surface area (Å²) in [5, 5.41) is 10.6. The number of para-hydroxylation sites is 1. The molecule has 2 aromatic rings. The Balaban J connectivity index is 1.67. The molecule has 1 atom stereocenters. The zero-order valence-corrected chi connectivity index (χ0v) is 18.1. The lowest BCUT2D eigenvalue weighted by Gasteiger charge is -2.42. The topological polar surface area (TPSA) is 65.8 Å². The Morgan fingerprint density at radius 1 is 1.26 bits per heavy atom. The number of carbonyl (C=O) groups excluding carboxylic acids is 1. The maximum absolute atomic E-state index is 14.2. The molecule has 0 N–H and O–H groups in total. The quantitative estimate of drug-likeness (QED) is 0.686. The molecule has 4 rings (SSSR count). The number of hydrogen-bond donors (Lipinski definition) is 0. The molecule has 2 aliphatic rings. The number of ether oxygens (including phenoxy) is 2. The zero-order chi connectivity index (χ0) is 22.0. The Labute approximate surface area is 184 Å². The van der Waals surface area contributed by atoms with Gasteiger partial charge in [0.1, 0.15) is 5.82 Å². The number of allylic oxidation sites excluding steroid dienone is 1. The molecule has 1 amide bonds. The van der Waals surface area contributed by atoms with Crippen molar-refractivity contribution in [1.82, 2.24) is 4.90 Å². The number of hydrogen-bond acceptors (Lipinski definition) is 6. The van der Waals surface area contributed by atoms with Crippen molar-refractivity contribution in [2.75, 3.05) is 31.2 Å². The average Bonchev–Trinajstić information content (AvgIpc) is 2.79. The van der Waals surface area contributed by atoms with Crippen molar-refractivity contribution in [3.05, 3.63) is 64.4 Å². The van der Waals surface area contributed by atoms with E-state index in [0.29, 0.717) is 40.3 Å². The van der Waals surface area contributed by atoms with Crippen molar-refractivity contribution in [3.8, 4) is 17.6 Å². The molecule has 0 unspecified atom stereocenters. The molecule has 0 saturated carbocycles. The number of anilines is 1. The van der Waals surface area contributed by atoms with Crippen molar-refractivity contribution in [2.24, 2.45) is 0 Å².